The minimum absolute atomic E-state index is 0.116. The number of nitrogens with zero attached hydrogens (tertiary/aromatic N) is 6. The molecule has 0 spiro atoms. The molecule has 2 aromatic rings. The molecule has 29 heavy (non-hydrogen) atoms. The Kier molecular flexibility index (Phi) is 5.24. The fourth-order valence-electron chi connectivity index (χ4n) is 4.31. The second-order valence-electron chi connectivity index (χ2n) is 7.71. The van der Waals surface area contributed by atoms with E-state index in [0.29, 0.717) is 41.6 Å². The second-order valence-corrected chi connectivity index (χ2v) is 9.59. The molecule has 1 amide bonds. The lowest BCUT2D eigenvalue weighted by Crippen LogP contribution is -2.50. The predicted octanol–water partition coefficient (Wildman–Crippen LogP) is 1.20. The summed E-state index contributed by atoms with van der Waals surface area (Å²) in [5.41, 5.74) is 2.76. The minimum atomic E-state index is -3.64. The molecule has 10 heteroatoms. The van der Waals surface area contributed by atoms with Crippen LogP contribution >= 0.6 is 0 Å². The number of carbonyl (C=O) groups is 1. The van der Waals surface area contributed by atoms with E-state index in [0.717, 1.165) is 31.5 Å². The van der Waals surface area contributed by atoms with E-state index in [1.54, 1.807) is 23.4 Å². The van der Waals surface area contributed by atoms with E-state index in [1.807, 2.05) is 17.7 Å². The van der Waals surface area contributed by atoms with Gasteiger partial charge in [-0.2, -0.15) is 14.5 Å². The van der Waals surface area contributed by atoms with Crippen LogP contribution in [0.1, 0.15) is 47.3 Å². The van der Waals surface area contributed by atoms with E-state index >= 15 is 0 Å². The van der Waals surface area contributed by atoms with Crippen molar-refractivity contribution in [2.24, 2.45) is 0 Å². The molecule has 0 atom stereocenters. The summed E-state index contributed by atoms with van der Waals surface area (Å²) in [5.74, 6) is -0.116. The topological polar surface area (TPSA) is 93.3 Å². The Morgan fingerprint density at radius 1 is 1.07 bits per heavy atom. The van der Waals surface area contributed by atoms with Gasteiger partial charge in [-0.3, -0.25) is 14.2 Å². The summed E-state index contributed by atoms with van der Waals surface area (Å²) in [5, 5.41) is 8.80. The standard InChI is InChI=1S/C19H28N6O3S/c1-4-24-15(3)18(14(2)20-24)29(27,28)23-11-9-22(10-12-23)19(26)17-13-16-7-5-6-8-25(16)21-17/h13H,4-12H2,1-3H3. The number of sulfonamides is 1. The quantitative estimate of drug-likeness (QED) is 0.741. The Bertz CT molecular complexity index is 1010. The maximum Gasteiger partial charge on any atom is 0.274 e. The highest BCUT2D eigenvalue weighted by molar-refractivity contribution is 7.89. The lowest BCUT2D eigenvalue weighted by molar-refractivity contribution is 0.0691. The average molecular weight is 421 g/mol. The van der Waals surface area contributed by atoms with Crippen LogP contribution in [0.15, 0.2) is 11.0 Å². The molecule has 2 aliphatic rings. The number of piperazine rings is 1. The highest BCUT2D eigenvalue weighted by atomic mass is 32.2. The van der Waals surface area contributed by atoms with Gasteiger partial charge in [0.25, 0.3) is 5.91 Å². The number of hydrogen-bond acceptors (Lipinski definition) is 5. The van der Waals surface area contributed by atoms with E-state index < -0.39 is 10.0 Å². The fourth-order valence-corrected chi connectivity index (χ4v) is 6.10. The SMILES string of the molecule is CCn1nc(C)c(S(=O)(=O)N2CCN(C(=O)c3cc4n(n3)CCCC4)CC2)c1C. The predicted molar refractivity (Wildman–Crippen MR) is 107 cm³/mol. The molecule has 2 aromatic heterocycles. The van der Waals surface area contributed by atoms with Gasteiger partial charge in [0.15, 0.2) is 5.69 Å². The van der Waals surface area contributed by atoms with E-state index in [2.05, 4.69) is 10.2 Å². The zero-order valence-corrected chi connectivity index (χ0v) is 18.1. The van der Waals surface area contributed by atoms with Gasteiger partial charge in [-0.1, -0.05) is 0 Å². The molecule has 2 aliphatic heterocycles. The van der Waals surface area contributed by atoms with Crippen LogP contribution in [0, 0.1) is 13.8 Å². The van der Waals surface area contributed by atoms with Gasteiger partial charge in [0.1, 0.15) is 4.90 Å². The van der Waals surface area contributed by atoms with Crippen molar-refractivity contribution < 1.29 is 13.2 Å². The van der Waals surface area contributed by atoms with Crippen LogP contribution in [0.3, 0.4) is 0 Å². The molecule has 1 saturated heterocycles. The van der Waals surface area contributed by atoms with Gasteiger partial charge in [0.2, 0.25) is 10.0 Å². The molecule has 0 saturated carbocycles. The van der Waals surface area contributed by atoms with Gasteiger partial charge in [-0.25, -0.2) is 8.42 Å². The number of carbonyl (C=O) groups excluding carboxylic acids is 1. The number of hydrogen-bond donors (Lipinski definition) is 0. The van der Waals surface area contributed by atoms with Crippen molar-refractivity contribution in [1.29, 1.82) is 0 Å². The summed E-state index contributed by atoms with van der Waals surface area (Å²) in [6.07, 6.45) is 3.17. The fraction of sp³-hybridized carbons (Fsp3) is 0.632. The van der Waals surface area contributed by atoms with Gasteiger partial charge in [-0.05, 0) is 46.1 Å². The minimum Gasteiger partial charge on any atom is -0.335 e. The first kappa shape index (κ1) is 20.1. The molecule has 4 rings (SSSR count). The van der Waals surface area contributed by atoms with Crippen molar-refractivity contribution in [3.05, 3.63) is 28.8 Å². The molecule has 9 nitrogen and oxygen atoms in total. The number of rotatable bonds is 4. The average Bonchev–Trinajstić information content (AvgIpc) is 3.27. The van der Waals surface area contributed by atoms with Crippen LogP contribution in [-0.2, 0) is 29.5 Å². The molecule has 0 radical (unpaired) electrons. The Morgan fingerprint density at radius 2 is 1.79 bits per heavy atom. The van der Waals surface area contributed by atoms with Crippen LogP contribution in [0.2, 0.25) is 0 Å². The van der Waals surface area contributed by atoms with Crippen molar-refractivity contribution in [2.45, 2.75) is 58.0 Å². The van der Waals surface area contributed by atoms with Crippen LogP contribution in [0.4, 0.5) is 0 Å². The van der Waals surface area contributed by atoms with E-state index in [-0.39, 0.29) is 19.0 Å². The lowest BCUT2D eigenvalue weighted by atomic mass is 10.1. The summed E-state index contributed by atoms with van der Waals surface area (Å²) in [6.45, 7) is 8.21. The van der Waals surface area contributed by atoms with E-state index in [1.165, 1.54) is 4.31 Å². The van der Waals surface area contributed by atoms with Crippen LogP contribution in [0.5, 0.6) is 0 Å². The largest absolute Gasteiger partial charge is 0.335 e. The maximum absolute atomic E-state index is 13.2. The first-order valence-electron chi connectivity index (χ1n) is 10.2. The van der Waals surface area contributed by atoms with Gasteiger partial charge in [0.05, 0.1) is 11.4 Å². The van der Waals surface area contributed by atoms with Gasteiger partial charge in [0, 0.05) is 45.0 Å². The molecule has 0 bridgehead atoms. The number of amides is 1. The molecule has 0 N–H and O–H groups in total. The molecular formula is C19H28N6O3S. The zero-order chi connectivity index (χ0) is 20.8. The maximum atomic E-state index is 13.2. The van der Waals surface area contributed by atoms with Crippen molar-refractivity contribution in [2.75, 3.05) is 26.2 Å². The highest BCUT2D eigenvalue weighted by Gasteiger charge is 2.34. The first-order valence-corrected chi connectivity index (χ1v) is 11.7. The normalized spacial score (nSPS) is 18.1. The third-order valence-corrected chi connectivity index (χ3v) is 8.03. The summed E-state index contributed by atoms with van der Waals surface area (Å²) >= 11 is 0. The monoisotopic (exact) mass is 420 g/mol. The molecule has 1 fully saturated rings. The smallest absolute Gasteiger partial charge is 0.274 e. The van der Waals surface area contributed by atoms with Gasteiger partial charge >= 0.3 is 0 Å². The van der Waals surface area contributed by atoms with E-state index in [4.69, 9.17) is 0 Å². The molecule has 0 unspecified atom stereocenters. The lowest BCUT2D eigenvalue weighted by Gasteiger charge is -2.33. The summed E-state index contributed by atoms with van der Waals surface area (Å²) in [4.78, 5) is 14.9. The molecule has 0 aromatic carbocycles. The molecule has 0 aliphatic carbocycles. The Morgan fingerprint density at radius 3 is 2.41 bits per heavy atom. The summed E-state index contributed by atoms with van der Waals surface area (Å²) in [6, 6.07) is 1.89. The molecule has 4 heterocycles. The zero-order valence-electron chi connectivity index (χ0n) is 17.3. The van der Waals surface area contributed by atoms with Crippen LogP contribution < -0.4 is 0 Å². The summed E-state index contributed by atoms with van der Waals surface area (Å²) < 4.78 is 31.5. The Hall–Kier alpha value is -2.20. The van der Waals surface area contributed by atoms with Crippen LogP contribution in [0.25, 0.3) is 0 Å². The van der Waals surface area contributed by atoms with Crippen molar-refractivity contribution in [1.82, 2.24) is 28.8 Å². The first-order chi connectivity index (χ1) is 13.8. The Balaban J connectivity index is 1.47. The molecule has 158 valence electrons. The summed E-state index contributed by atoms with van der Waals surface area (Å²) in [7, 11) is -3.64. The highest BCUT2D eigenvalue weighted by Crippen LogP contribution is 2.25. The van der Waals surface area contributed by atoms with Crippen molar-refractivity contribution in [3.8, 4) is 0 Å². The third kappa shape index (κ3) is 3.48. The second kappa shape index (κ2) is 7.56. The number of fused-ring (bicyclic) bond motifs is 1. The molecular weight excluding hydrogens is 392 g/mol. The van der Waals surface area contributed by atoms with Crippen molar-refractivity contribution >= 4 is 15.9 Å². The van der Waals surface area contributed by atoms with Crippen molar-refractivity contribution in [3.63, 3.8) is 0 Å². The number of aromatic nitrogens is 4. The third-order valence-electron chi connectivity index (χ3n) is 5.87. The van der Waals surface area contributed by atoms with Gasteiger partial charge in [-0.15, -0.1) is 0 Å². The van der Waals surface area contributed by atoms with E-state index in [9.17, 15) is 13.2 Å². The van der Waals surface area contributed by atoms with Crippen LogP contribution in [-0.4, -0.2) is 69.3 Å². The number of aryl methyl sites for hydroxylation is 4. The Labute approximate surface area is 171 Å². The van der Waals surface area contributed by atoms with Gasteiger partial charge < -0.3 is 4.90 Å².